The summed E-state index contributed by atoms with van der Waals surface area (Å²) in [5.41, 5.74) is 3.03. The highest BCUT2D eigenvalue weighted by molar-refractivity contribution is 7.86. The minimum atomic E-state index is -3.33. The van der Waals surface area contributed by atoms with E-state index in [0.29, 0.717) is 19.6 Å². The quantitative estimate of drug-likeness (QED) is 0.824. The van der Waals surface area contributed by atoms with Gasteiger partial charge in [0.15, 0.2) is 0 Å². The Bertz CT molecular complexity index is 628. The molecule has 3 rings (SSSR count). The third-order valence-corrected chi connectivity index (χ3v) is 6.65. The van der Waals surface area contributed by atoms with Crippen molar-refractivity contribution < 1.29 is 8.42 Å². The molecule has 1 saturated carbocycles. The Hall–Kier alpha value is -0.920. The van der Waals surface area contributed by atoms with Crippen LogP contribution in [0.15, 0.2) is 0 Å². The highest BCUT2D eigenvalue weighted by Crippen LogP contribution is 2.33. The summed E-state index contributed by atoms with van der Waals surface area (Å²) in [7, 11) is -1.43. The van der Waals surface area contributed by atoms with E-state index < -0.39 is 10.2 Å². The Balaban J connectivity index is 1.88. The average Bonchev–Trinajstić information content (AvgIpc) is 3.02. The minimum Gasteiger partial charge on any atom is -0.272 e. The van der Waals surface area contributed by atoms with Crippen molar-refractivity contribution in [3.05, 3.63) is 17.0 Å². The zero-order valence-corrected chi connectivity index (χ0v) is 13.9. The predicted octanol–water partition coefficient (Wildman–Crippen LogP) is 1.34. The molecule has 0 amide bonds. The van der Waals surface area contributed by atoms with Crippen LogP contribution in [0.5, 0.6) is 0 Å². The summed E-state index contributed by atoms with van der Waals surface area (Å²) in [6, 6.07) is 0.176. The van der Waals surface area contributed by atoms with Crippen LogP contribution in [0.1, 0.15) is 42.6 Å². The molecule has 1 aromatic rings. The molecule has 2 aliphatic rings. The van der Waals surface area contributed by atoms with Gasteiger partial charge in [0.1, 0.15) is 0 Å². The van der Waals surface area contributed by atoms with Gasteiger partial charge in [-0.15, -0.1) is 0 Å². The van der Waals surface area contributed by atoms with E-state index in [0.717, 1.165) is 42.6 Å². The molecule has 1 aliphatic heterocycles. The first-order valence-electron chi connectivity index (χ1n) is 7.67. The number of hydrogen-bond acceptors (Lipinski definition) is 3. The zero-order chi connectivity index (χ0) is 15.2. The monoisotopic (exact) mass is 312 g/mol. The Labute approximate surface area is 126 Å². The van der Waals surface area contributed by atoms with Crippen LogP contribution < -0.4 is 0 Å². The Morgan fingerprint density at radius 3 is 2.33 bits per heavy atom. The molecule has 7 heteroatoms. The first-order chi connectivity index (χ1) is 9.91. The fourth-order valence-corrected chi connectivity index (χ4v) is 4.93. The number of nitrogens with zero attached hydrogens (tertiary/aromatic N) is 4. The molecule has 118 valence electrons. The topological polar surface area (TPSA) is 58.4 Å². The molecule has 1 aliphatic carbocycles. The largest absolute Gasteiger partial charge is 0.282 e. The normalized spacial score (nSPS) is 20.6. The highest BCUT2D eigenvalue weighted by Gasteiger charge is 2.41. The summed E-state index contributed by atoms with van der Waals surface area (Å²) in [5, 5.41) is 4.40. The summed E-state index contributed by atoms with van der Waals surface area (Å²) in [6.07, 6.45) is 3.90. The second-order valence-corrected chi connectivity index (χ2v) is 8.04. The van der Waals surface area contributed by atoms with Crippen molar-refractivity contribution in [1.82, 2.24) is 18.4 Å². The molecule has 21 heavy (non-hydrogen) atoms. The molecule has 0 unspecified atom stereocenters. The van der Waals surface area contributed by atoms with Gasteiger partial charge in [0.05, 0.1) is 5.69 Å². The molecular formula is C14H24N4O2S. The Morgan fingerprint density at radius 1 is 1.24 bits per heavy atom. The van der Waals surface area contributed by atoms with Crippen molar-refractivity contribution >= 4 is 10.2 Å². The maximum absolute atomic E-state index is 12.9. The van der Waals surface area contributed by atoms with Crippen molar-refractivity contribution in [2.45, 2.75) is 52.1 Å². The predicted molar refractivity (Wildman–Crippen MR) is 81.0 cm³/mol. The maximum atomic E-state index is 12.9. The van der Waals surface area contributed by atoms with Gasteiger partial charge in [-0.25, -0.2) is 0 Å². The van der Waals surface area contributed by atoms with Gasteiger partial charge in [-0.1, -0.05) is 0 Å². The van der Waals surface area contributed by atoms with Crippen molar-refractivity contribution in [2.75, 3.05) is 13.1 Å². The number of aryl methyl sites for hydroxylation is 2. The molecule has 2 fully saturated rings. The first-order valence-corrected chi connectivity index (χ1v) is 9.07. The molecular weight excluding hydrogens is 288 g/mol. The van der Waals surface area contributed by atoms with E-state index in [4.69, 9.17) is 0 Å². The molecule has 6 nitrogen and oxygen atoms in total. The van der Waals surface area contributed by atoms with Gasteiger partial charge >= 0.3 is 0 Å². The first kappa shape index (κ1) is 15.0. The van der Waals surface area contributed by atoms with E-state index in [1.165, 1.54) is 0 Å². The highest BCUT2D eigenvalue weighted by atomic mass is 32.2. The van der Waals surface area contributed by atoms with Gasteiger partial charge in [-0.05, 0) is 39.5 Å². The molecule has 0 radical (unpaired) electrons. The Morgan fingerprint density at radius 2 is 1.86 bits per heavy atom. The van der Waals surface area contributed by atoms with Gasteiger partial charge in [0, 0.05) is 44.0 Å². The van der Waals surface area contributed by atoms with E-state index in [-0.39, 0.29) is 6.04 Å². The van der Waals surface area contributed by atoms with Crippen LogP contribution in [-0.4, -0.2) is 45.9 Å². The number of rotatable bonds is 5. The van der Waals surface area contributed by atoms with E-state index in [9.17, 15) is 8.42 Å². The van der Waals surface area contributed by atoms with Crippen molar-refractivity contribution in [1.29, 1.82) is 0 Å². The van der Waals surface area contributed by atoms with Crippen LogP contribution in [0.2, 0.25) is 0 Å². The van der Waals surface area contributed by atoms with E-state index >= 15 is 0 Å². The molecule has 1 aromatic heterocycles. The Kier molecular flexibility index (Phi) is 3.83. The molecule has 0 spiro atoms. The molecule has 0 bridgehead atoms. The minimum absolute atomic E-state index is 0.176. The van der Waals surface area contributed by atoms with E-state index in [1.54, 1.807) is 8.61 Å². The van der Waals surface area contributed by atoms with Crippen LogP contribution in [0, 0.1) is 13.8 Å². The summed E-state index contributed by atoms with van der Waals surface area (Å²) in [5.74, 6) is 0. The molecule has 0 aromatic carbocycles. The fourth-order valence-electron chi connectivity index (χ4n) is 3.03. The van der Waals surface area contributed by atoms with Gasteiger partial charge < -0.3 is 0 Å². The average molecular weight is 312 g/mol. The van der Waals surface area contributed by atoms with E-state index in [1.807, 2.05) is 25.6 Å². The van der Waals surface area contributed by atoms with Gasteiger partial charge in [0.25, 0.3) is 10.2 Å². The maximum Gasteiger partial charge on any atom is 0.282 e. The lowest BCUT2D eigenvalue weighted by Gasteiger charge is -2.27. The third-order valence-electron chi connectivity index (χ3n) is 4.61. The summed E-state index contributed by atoms with van der Waals surface area (Å²) >= 11 is 0. The molecule has 0 atom stereocenters. The smallest absolute Gasteiger partial charge is 0.272 e. The standard InChI is InChI=1S/C14H24N4O2S/c1-11-14(12(2)16(3)15-11)10-18(13-6-7-13)21(19,20)17-8-4-5-9-17/h13H,4-10H2,1-3H3. The van der Waals surface area contributed by atoms with Crippen molar-refractivity contribution in [3.63, 3.8) is 0 Å². The van der Waals surface area contributed by atoms with Gasteiger partial charge in [-0.3, -0.25) is 4.68 Å². The lowest BCUT2D eigenvalue weighted by atomic mass is 10.2. The molecule has 2 heterocycles. The molecule has 0 N–H and O–H groups in total. The second kappa shape index (κ2) is 5.37. The molecule has 1 saturated heterocycles. The zero-order valence-electron chi connectivity index (χ0n) is 13.0. The van der Waals surface area contributed by atoms with Crippen molar-refractivity contribution in [2.24, 2.45) is 7.05 Å². The van der Waals surface area contributed by atoms with Crippen LogP contribution in [0.4, 0.5) is 0 Å². The number of hydrogen-bond donors (Lipinski definition) is 0. The van der Waals surface area contributed by atoms with Gasteiger partial charge in [-0.2, -0.15) is 22.1 Å². The lowest BCUT2D eigenvalue weighted by molar-refractivity contribution is 0.348. The lowest BCUT2D eigenvalue weighted by Crippen LogP contribution is -2.43. The second-order valence-electron chi connectivity index (χ2n) is 6.16. The summed E-state index contributed by atoms with van der Waals surface area (Å²) in [4.78, 5) is 0. The van der Waals surface area contributed by atoms with Crippen molar-refractivity contribution in [3.8, 4) is 0 Å². The fraction of sp³-hybridized carbons (Fsp3) is 0.786. The summed E-state index contributed by atoms with van der Waals surface area (Å²) in [6.45, 7) is 5.74. The SMILES string of the molecule is Cc1nn(C)c(C)c1CN(C1CC1)S(=O)(=O)N1CCCC1. The summed E-state index contributed by atoms with van der Waals surface area (Å²) < 4.78 is 30.9. The third kappa shape index (κ3) is 2.74. The number of aromatic nitrogens is 2. The van der Waals surface area contributed by atoms with Crippen LogP contribution >= 0.6 is 0 Å². The van der Waals surface area contributed by atoms with Gasteiger partial charge in [0.2, 0.25) is 0 Å². The van der Waals surface area contributed by atoms with Crippen LogP contribution in [0.3, 0.4) is 0 Å². The van der Waals surface area contributed by atoms with E-state index in [2.05, 4.69) is 5.10 Å². The van der Waals surface area contributed by atoms with Crippen LogP contribution in [0.25, 0.3) is 0 Å². The van der Waals surface area contributed by atoms with Crippen LogP contribution in [-0.2, 0) is 23.8 Å².